The van der Waals surface area contributed by atoms with Crippen molar-refractivity contribution in [2.45, 2.75) is 6.61 Å². The van der Waals surface area contributed by atoms with Crippen LogP contribution in [0.15, 0.2) is 79.5 Å². The number of pyridine rings is 2. The highest BCUT2D eigenvalue weighted by atomic mass is 16.5. The minimum atomic E-state index is 0.287. The molecule has 7 nitrogen and oxygen atoms in total. The number of benzene rings is 1. The van der Waals surface area contributed by atoms with Gasteiger partial charge in [-0.05, 0) is 54.1 Å². The summed E-state index contributed by atoms with van der Waals surface area (Å²) in [5, 5.41) is 7.35. The molecule has 0 atom stereocenters. The zero-order valence-electron chi connectivity index (χ0n) is 15.4. The Morgan fingerprint density at radius 3 is 2.55 bits per heavy atom. The van der Waals surface area contributed by atoms with Crippen molar-refractivity contribution in [1.82, 2.24) is 30.1 Å². The monoisotopic (exact) mass is 380 g/mol. The van der Waals surface area contributed by atoms with Crippen molar-refractivity contribution in [2.75, 3.05) is 0 Å². The summed E-state index contributed by atoms with van der Waals surface area (Å²) in [6.45, 7) is 0.287. The van der Waals surface area contributed by atoms with Gasteiger partial charge in [-0.25, -0.2) is 9.97 Å². The average molecular weight is 380 g/mol. The van der Waals surface area contributed by atoms with Crippen LogP contribution in [0.4, 0.5) is 0 Å². The van der Waals surface area contributed by atoms with Gasteiger partial charge >= 0.3 is 0 Å². The number of H-pyrrole nitrogens is 1. The van der Waals surface area contributed by atoms with E-state index in [1.54, 1.807) is 24.8 Å². The lowest BCUT2D eigenvalue weighted by Gasteiger charge is -2.07. The third-order valence-corrected chi connectivity index (χ3v) is 4.53. The van der Waals surface area contributed by atoms with Crippen LogP contribution in [0.25, 0.3) is 33.4 Å². The number of rotatable bonds is 5. The highest BCUT2D eigenvalue weighted by Gasteiger charge is 2.10. The van der Waals surface area contributed by atoms with Gasteiger partial charge in [0.2, 0.25) is 0 Å². The Balaban J connectivity index is 1.32. The first-order valence-electron chi connectivity index (χ1n) is 9.11. The fourth-order valence-corrected chi connectivity index (χ4v) is 3.09. The molecule has 0 aliphatic carbocycles. The van der Waals surface area contributed by atoms with Crippen molar-refractivity contribution >= 4 is 11.0 Å². The molecule has 0 spiro atoms. The number of fused-ring (bicyclic) bond motifs is 1. The lowest BCUT2D eigenvalue weighted by atomic mass is 10.0. The Bertz CT molecular complexity index is 1250. The Morgan fingerprint density at radius 2 is 1.69 bits per heavy atom. The van der Waals surface area contributed by atoms with Crippen molar-refractivity contribution < 1.29 is 4.74 Å². The summed E-state index contributed by atoms with van der Waals surface area (Å²) in [5.74, 6) is 1.35. The van der Waals surface area contributed by atoms with E-state index < -0.39 is 0 Å². The molecule has 1 N–H and O–H groups in total. The number of nitrogens with zero attached hydrogens (tertiary/aromatic N) is 5. The summed E-state index contributed by atoms with van der Waals surface area (Å²) in [4.78, 5) is 17.1. The Hall–Kier alpha value is -4.13. The Labute approximate surface area is 166 Å². The van der Waals surface area contributed by atoms with E-state index >= 15 is 0 Å². The Morgan fingerprint density at radius 1 is 0.828 bits per heavy atom. The second-order valence-electron chi connectivity index (χ2n) is 6.39. The minimum Gasteiger partial charge on any atom is -0.486 e. The van der Waals surface area contributed by atoms with E-state index in [0.717, 1.165) is 39.2 Å². The highest BCUT2D eigenvalue weighted by molar-refractivity contribution is 5.80. The molecular formula is C22H16N6O. The number of aromatic amines is 1. The maximum Gasteiger partial charge on any atom is 0.166 e. The summed E-state index contributed by atoms with van der Waals surface area (Å²) in [7, 11) is 0. The fourth-order valence-electron chi connectivity index (χ4n) is 3.09. The largest absolute Gasteiger partial charge is 0.486 e. The molecule has 29 heavy (non-hydrogen) atoms. The van der Waals surface area contributed by atoms with Crippen LogP contribution >= 0.6 is 0 Å². The van der Waals surface area contributed by atoms with E-state index in [-0.39, 0.29) is 6.61 Å². The van der Waals surface area contributed by atoms with Gasteiger partial charge in [-0.3, -0.25) is 15.1 Å². The maximum absolute atomic E-state index is 5.85. The van der Waals surface area contributed by atoms with Crippen LogP contribution in [0.3, 0.4) is 0 Å². The third kappa shape index (κ3) is 3.53. The molecule has 4 aromatic heterocycles. The van der Waals surface area contributed by atoms with Gasteiger partial charge in [-0.2, -0.15) is 5.10 Å². The van der Waals surface area contributed by atoms with Crippen LogP contribution in [-0.4, -0.2) is 30.1 Å². The highest BCUT2D eigenvalue weighted by Crippen LogP contribution is 2.30. The van der Waals surface area contributed by atoms with Crippen LogP contribution in [0.2, 0.25) is 0 Å². The van der Waals surface area contributed by atoms with E-state index in [1.807, 2.05) is 54.7 Å². The predicted octanol–water partition coefficient (Wildman–Crippen LogP) is 4.06. The number of ether oxygens (including phenoxy) is 1. The van der Waals surface area contributed by atoms with E-state index in [4.69, 9.17) is 4.74 Å². The molecule has 4 heterocycles. The summed E-state index contributed by atoms with van der Waals surface area (Å²) >= 11 is 0. The van der Waals surface area contributed by atoms with Gasteiger partial charge < -0.3 is 4.74 Å². The first kappa shape index (κ1) is 17.0. The van der Waals surface area contributed by atoms with Crippen molar-refractivity contribution in [3.63, 3.8) is 0 Å². The van der Waals surface area contributed by atoms with Crippen LogP contribution in [0.1, 0.15) is 5.82 Å². The third-order valence-electron chi connectivity index (χ3n) is 4.53. The van der Waals surface area contributed by atoms with Crippen molar-refractivity contribution in [3.8, 4) is 28.1 Å². The average Bonchev–Trinajstić information content (AvgIpc) is 3.28. The topological polar surface area (TPSA) is 89.5 Å². The molecule has 0 aliphatic heterocycles. The smallest absolute Gasteiger partial charge is 0.166 e. The molecule has 0 aliphatic rings. The van der Waals surface area contributed by atoms with Crippen LogP contribution in [-0.2, 0) is 6.61 Å². The zero-order chi connectivity index (χ0) is 19.5. The van der Waals surface area contributed by atoms with Gasteiger partial charge in [-0.15, -0.1) is 0 Å². The quantitative estimate of drug-likeness (QED) is 0.495. The lowest BCUT2D eigenvalue weighted by Crippen LogP contribution is -2.01. The van der Waals surface area contributed by atoms with Crippen LogP contribution in [0.5, 0.6) is 5.75 Å². The number of nitrogens with one attached hydrogen (secondary N) is 1. The summed E-state index contributed by atoms with van der Waals surface area (Å²) in [6, 6.07) is 15.5. The van der Waals surface area contributed by atoms with E-state index in [9.17, 15) is 0 Å². The van der Waals surface area contributed by atoms with Gasteiger partial charge in [0.15, 0.2) is 5.82 Å². The SMILES string of the molecule is c1cnc2cnc(COc3ccc(-c4n[nH]cc4-c4ccncc4)cc3)nc2c1. The van der Waals surface area contributed by atoms with Crippen molar-refractivity contribution in [2.24, 2.45) is 0 Å². The van der Waals surface area contributed by atoms with E-state index in [2.05, 4.69) is 30.1 Å². The number of hydrogen-bond acceptors (Lipinski definition) is 6. The van der Waals surface area contributed by atoms with E-state index in [1.165, 1.54) is 0 Å². The molecular weight excluding hydrogens is 364 g/mol. The molecule has 0 saturated heterocycles. The number of hydrogen-bond donors (Lipinski definition) is 1. The second-order valence-corrected chi connectivity index (χ2v) is 6.39. The van der Waals surface area contributed by atoms with Gasteiger partial charge in [0.05, 0.1) is 17.4 Å². The fraction of sp³-hybridized carbons (Fsp3) is 0.0455. The summed E-state index contributed by atoms with van der Waals surface area (Å²) in [6.07, 6.45) is 8.87. The summed E-state index contributed by atoms with van der Waals surface area (Å²) < 4.78 is 5.85. The van der Waals surface area contributed by atoms with Crippen molar-refractivity contribution in [1.29, 1.82) is 0 Å². The van der Waals surface area contributed by atoms with Crippen LogP contribution < -0.4 is 4.74 Å². The minimum absolute atomic E-state index is 0.287. The van der Waals surface area contributed by atoms with Gasteiger partial charge in [-0.1, -0.05) is 0 Å². The number of aromatic nitrogens is 6. The molecule has 5 aromatic rings. The maximum atomic E-state index is 5.85. The van der Waals surface area contributed by atoms with Crippen molar-refractivity contribution in [3.05, 3.63) is 85.3 Å². The second kappa shape index (κ2) is 7.47. The Kier molecular flexibility index (Phi) is 4.38. The van der Waals surface area contributed by atoms with Crippen LogP contribution in [0, 0.1) is 0 Å². The molecule has 140 valence electrons. The molecule has 0 saturated carbocycles. The zero-order valence-corrected chi connectivity index (χ0v) is 15.4. The van der Waals surface area contributed by atoms with Gasteiger partial charge in [0, 0.05) is 35.9 Å². The summed E-state index contributed by atoms with van der Waals surface area (Å²) in [5.41, 5.74) is 5.54. The molecule has 0 fully saturated rings. The van der Waals surface area contributed by atoms with E-state index in [0.29, 0.717) is 5.82 Å². The van der Waals surface area contributed by atoms with Gasteiger partial charge in [0.1, 0.15) is 17.9 Å². The first-order chi connectivity index (χ1) is 14.4. The first-order valence-corrected chi connectivity index (χ1v) is 9.11. The molecule has 0 radical (unpaired) electrons. The lowest BCUT2D eigenvalue weighted by molar-refractivity contribution is 0.296. The molecule has 5 rings (SSSR count). The standard InChI is InChI=1S/C22H16N6O/c1-2-19-20(24-9-1)13-25-21(27-19)14-29-17-5-3-16(4-6-17)22-18(12-26-28-22)15-7-10-23-11-8-15/h1-13H,14H2,(H,26,28). The molecule has 1 aromatic carbocycles. The molecule has 0 bridgehead atoms. The predicted molar refractivity (Wildman–Crippen MR) is 109 cm³/mol. The molecule has 0 unspecified atom stereocenters. The van der Waals surface area contributed by atoms with Gasteiger partial charge in [0.25, 0.3) is 0 Å². The molecule has 0 amide bonds. The normalized spacial score (nSPS) is 10.9. The molecule has 7 heteroatoms.